The van der Waals surface area contributed by atoms with Gasteiger partial charge in [0.05, 0.1) is 15.6 Å². The van der Waals surface area contributed by atoms with Gasteiger partial charge in [-0.3, -0.25) is 0 Å². The van der Waals surface area contributed by atoms with Crippen molar-refractivity contribution in [2.45, 2.75) is 0 Å². The Labute approximate surface area is 124 Å². The van der Waals surface area contributed by atoms with Gasteiger partial charge in [0, 0.05) is 12.4 Å². The highest BCUT2D eigenvalue weighted by Crippen LogP contribution is 2.37. The van der Waals surface area contributed by atoms with Gasteiger partial charge >= 0.3 is 0 Å². The molecule has 0 radical (unpaired) electrons. The van der Waals surface area contributed by atoms with Crippen LogP contribution in [0.2, 0.25) is 10.0 Å². The summed E-state index contributed by atoms with van der Waals surface area (Å²) in [5.74, 6) is 1.03. The third-order valence-corrected chi connectivity index (χ3v) is 3.43. The normalized spacial score (nSPS) is 10.7. The van der Waals surface area contributed by atoms with Crippen molar-refractivity contribution in [3.8, 4) is 22.7 Å². The summed E-state index contributed by atoms with van der Waals surface area (Å²) in [6, 6.07) is 6.87. The van der Waals surface area contributed by atoms with Gasteiger partial charge in [0.15, 0.2) is 11.6 Å². The van der Waals surface area contributed by atoms with E-state index in [-0.39, 0.29) is 5.82 Å². The average Bonchev–Trinajstić information content (AvgIpc) is 2.85. The van der Waals surface area contributed by atoms with E-state index >= 15 is 0 Å². The molecule has 3 rings (SSSR count). The zero-order chi connectivity index (χ0) is 14.1. The van der Waals surface area contributed by atoms with Gasteiger partial charge in [-0.15, -0.1) is 0 Å². The molecule has 0 amide bonds. The highest BCUT2D eigenvalue weighted by atomic mass is 35.5. The molecular weight excluding hydrogens is 299 g/mol. The highest BCUT2D eigenvalue weighted by molar-refractivity contribution is 6.42. The second-order valence-electron chi connectivity index (χ2n) is 3.97. The Kier molecular flexibility index (Phi) is 3.30. The number of rotatable bonds is 2. The molecule has 20 heavy (non-hydrogen) atoms. The SMILES string of the molecule is Nc1noc(-c2ncccn2)c1-c1ccc(Cl)c(Cl)c1. The zero-order valence-corrected chi connectivity index (χ0v) is 11.6. The topological polar surface area (TPSA) is 77.8 Å². The minimum atomic E-state index is 0.242. The number of anilines is 1. The quantitative estimate of drug-likeness (QED) is 0.781. The Morgan fingerprint density at radius 3 is 2.50 bits per heavy atom. The van der Waals surface area contributed by atoms with Crippen LogP contribution in [0.15, 0.2) is 41.2 Å². The predicted molar refractivity (Wildman–Crippen MR) is 77.4 cm³/mol. The summed E-state index contributed by atoms with van der Waals surface area (Å²) in [4.78, 5) is 8.26. The zero-order valence-electron chi connectivity index (χ0n) is 10.0. The fourth-order valence-electron chi connectivity index (χ4n) is 1.80. The van der Waals surface area contributed by atoms with Crippen LogP contribution in [0.5, 0.6) is 0 Å². The molecule has 2 aromatic heterocycles. The first-order chi connectivity index (χ1) is 9.66. The number of nitrogen functional groups attached to an aromatic ring is 1. The van der Waals surface area contributed by atoms with Gasteiger partial charge in [-0.2, -0.15) is 0 Å². The van der Waals surface area contributed by atoms with E-state index in [0.717, 1.165) is 5.56 Å². The standard InChI is InChI=1S/C13H8Cl2N4O/c14-8-3-2-7(6-9(8)15)10-11(20-19-12(10)16)13-17-4-1-5-18-13/h1-6H,(H2,16,19). The summed E-state index contributed by atoms with van der Waals surface area (Å²) in [6.45, 7) is 0. The van der Waals surface area contributed by atoms with Gasteiger partial charge < -0.3 is 10.3 Å². The molecule has 2 N–H and O–H groups in total. The van der Waals surface area contributed by atoms with Crippen LogP contribution in [0.3, 0.4) is 0 Å². The Hall–Kier alpha value is -2.11. The first-order valence-corrected chi connectivity index (χ1v) is 6.40. The molecule has 0 atom stereocenters. The van der Waals surface area contributed by atoms with Crippen LogP contribution in [0.1, 0.15) is 0 Å². The lowest BCUT2D eigenvalue weighted by molar-refractivity contribution is 0.433. The third kappa shape index (κ3) is 2.21. The lowest BCUT2D eigenvalue weighted by Crippen LogP contribution is -1.91. The van der Waals surface area contributed by atoms with E-state index in [0.29, 0.717) is 27.2 Å². The molecule has 0 aliphatic carbocycles. The molecule has 0 saturated carbocycles. The number of nitrogens with zero attached hydrogens (tertiary/aromatic N) is 3. The fraction of sp³-hybridized carbons (Fsp3) is 0. The lowest BCUT2D eigenvalue weighted by atomic mass is 10.1. The maximum atomic E-state index is 6.03. The van der Waals surface area contributed by atoms with E-state index in [1.54, 1.807) is 36.7 Å². The van der Waals surface area contributed by atoms with Crippen molar-refractivity contribution in [2.24, 2.45) is 0 Å². The van der Waals surface area contributed by atoms with E-state index in [9.17, 15) is 0 Å². The summed E-state index contributed by atoms with van der Waals surface area (Å²) >= 11 is 11.9. The molecule has 0 spiro atoms. The molecule has 0 bridgehead atoms. The number of halogens is 2. The molecule has 100 valence electrons. The van der Waals surface area contributed by atoms with Gasteiger partial charge in [-0.1, -0.05) is 34.4 Å². The van der Waals surface area contributed by atoms with E-state index < -0.39 is 0 Å². The summed E-state index contributed by atoms with van der Waals surface area (Å²) < 4.78 is 5.23. The second-order valence-corrected chi connectivity index (χ2v) is 4.79. The number of nitrogens with two attached hydrogens (primary N) is 1. The van der Waals surface area contributed by atoms with Crippen LogP contribution in [0, 0.1) is 0 Å². The van der Waals surface area contributed by atoms with E-state index in [4.69, 9.17) is 33.5 Å². The van der Waals surface area contributed by atoms with Crippen LogP contribution in [-0.4, -0.2) is 15.1 Å². The van der Waals surface area contributed by atoms with Crippen LogP contribution in [0.25, 0.3) is 22.7 Å². The summed E-state index contributed by atoms with van der Waals surface area (Å²) in [7, 11) is 0. The van der Waals surface area contributed by atoms with Crippen LogP contribution < -0.4 is 5.73 Å². The van der Waals surface area contributed by atoms with E-state index in [1.807, 2.05) is 0 Å². The van der Waals surface area contributed by atoms with Crippen LogP contribution >= 0.6 is 23.2 Å². The van der Waals surface area contributed by atoms with Crippen molar-refractivity contribution in [2.75, 3.05) is 5.73 Å². The monoisotopic (exact) mass is 306 g/mol. The maximum Gasteiger partial charge on any atom is 0.214 e. The van der Waals surface area contributed by atoms with Crippen molar-refractivity contribution in [3.63, 3.8) is 0 Å². The molecular formula is C13H8Cl2N4O. The molecule has 7 heteroatoms. The van der Waals surface area contributed by atoms with Crippen molar-refractivity contribution in [3.05, 3.63) is 46.7 Å². The molecule has 5 nitrogen and oxygen atoms in total. The maximum absolute atomic E-state index is 6.03. The van der Waals surface area contributed by atoms with Crippen molar-refractivity contribution in [1.82, 2.24) is 15.1 Å². The van der Waals surface area contributed by atoms with Gasteiger partial charge in [0.25, 0.3) is 0 Å². The smallest absolute Gasteiger partial charge is 0.214 e. The number of aromatic nitrogens is 3. The molecule has 1 aromatic carbocycles. The number of benzene rings is 1. The number of hydrogen-bond donors (Lipinski definition) is 1. The largest absolute Gasteiger partial charge is 0.380 e. The Balaban J connectivity index is 2.19. The highest BCUT2D eigenvalue weighted by Gasteiger charge is 2.20. The molecule has 0 aliphatic rings. The first kappa shape index (κ1) is 12.9. The molecule has 2 heterocycles. The molecule has 0 aliphatic heterocycles. The average molecular weight is 307 g/mol. The predicted octanol–water partition coefficient (Wildman–Crippen LogP) is 3.69. The lowest BCUT2D eigenvalue weighted by Gasteiger charge is -2.03. The Bertz CT molecular complexity index is 758. The van der Waals surface area contributed by atoms with Gasteiger partial charge in [0.1, 0.15) is 0 Å². The van der Waals surface area contributed by atoms with Crippen molar-refractivity contribution >= 4 is 29.0 Å². The van der Waals surface area contributed by atoms with Gasteiger partial charge in [-0.05, 0) is 23.8 Å². The van der Waals surface area contributed by atoms with Crippen molar-refractivity contribution < 1.29 is 4.52 Å². The summed E-state index contributed by atoms with van der Waals surface area (Å²) in [6.07, 6.45) is 3.22. The minimum Gasteiger partial charge on any atom is -0.380 e. The molecule has 0 saturated heterocycles. The van der Waals surface area contributed by atoms with E-state index in [1.165, 1.54) is 0 Å². The van der Waals surface area contributed by atoms with Crippen molar-refractivity contribution in [1.29, 1.82) is 0 Å². The molecule has 3 aromatic rings. The summed E-state index contributed by atoms with van der Waals surface area (Å²) in [5.41, 5.74) is 7.19. The Morgan fingerprint density at radius 2 is 1.80 bits per heavy atom. The van der Waals surface area contributed by atoms with Crippen LogP contribution in [0.4, 0.5) is 5.82 Å². The summed E-state index contributed by atoms with van der Waals surface area (Å²) in [5, 5.41) is 4.65. The molecule has 0 fully saturated rings. The van der Waals surface area contributed by atoms with Gasteiger partial charge in [-0.25, -0.2) is 9.97 Å². The molecule has 0 unspecified atom stereocenters. The van der Waals surface area contributed by atoms with Crippen LogP contribution in [-0.2, 0) is 0 Å². The van der Waals surface area contributed by atoms with E-state index in [2.05, 4.69) is 15.1 Å². The number of hydrogen-bond acceptors (Lipinski definition) is 5. The third-order valence-electron chi connectivity index (χ3n) is 2.70. The fourth-order valence-corrected chi connectivity index (χ4v) is 2.10. The Morgan fingerprint density at radius 1 is 1.05 bits per heavy atom. The second kappa shape index (κ2) is 5.11. The minimum absolute atomic E-state index is 0.242. The van der Waals surface area contributed by atoms with Gasteiger partial charge in [0.2, 0.25) is 5.76 Å². The first-order valence-electron chi connectivity index (χ1n) is 5.65.